The van der Waals surface area contributed by atoms with Crippen molar-refractivity contribution in [2.75, 3.05) is 11.9 Å². The van der Waals surface area contributed by atoms with Crippen molar-refractivity contribution in [3.8, 4) is 0 Å². The quantitative estimate of drug-likeness (QED) is 0.627. The molecule has 1 aliphatic carbocycles. The molecule has 1 aliphatic rings. The maximum Gasteiger partial charge on any atom is 0.194 e. The van der Waals surface area contributed by atoms with Crippen LogP contribution in [0.2, 0.25) is 0 Å². The van der Waals surface area contributed by atoms with Crippen LogP contribution in [0, 0.1) is 0 Å². The van der Waals surface area contributed by atoms with Crippen LogP contribution in [0.3, 0.4) is 0 Å². The number of rotatable bonds is 4. The van der Waals surface area contributed by atoms with Gasteiger partial charge in [0.2, 0.25) is 0 Å². The number of hydrogen-bond donors (Lipinski definition) is 2. The third kappa shape index (κ3) is 3.91. The minimum atomic E-state index is 0.108. The van der Waals surface area contributed by atoms with Gasteiger partial charge in [0.15, 0.2) is 5.96 Å². The monoisotopic (exact) mass is 372 g/mol. The molecule has 3 rings (SSSR count). The minimum Gasteiger partial charge on any atom is -0.370 e. The first kappa shape index (κ1) is 16.0. The summed E-state index contributed by atoms with van der Waals surface area (Å²) >= 11 is 3.51. The summed E-state index contributed by atoms with van der Waals surface area (Å²) in [6.07, 6.45) is 6.55. The number of aromatic nitrogens is 1. The van der Waals surface area contributed by atoms with E-state index in [2.05, 4.69) is 55.5 Å². The fourth-order valence-electron chi connectivity index (χ4n) is 3.24. The number of benzene rings is 1. The lowest BCUT2D eigenvalue weighted by molar-refractivity contribution is 0.454. The second-order valence-corrected chi connectivity index (χ2v) is 6.95. The average molecular weight is 373 g/mol. The maximum absolute atomic E-state index is 6.04. The van der Waals surface area contributed by atoms with E-state index in [9.17, 15) is 0 Å². The Morgan fingerprint density at radius 2 is 1.91 bits per heavy atom. The Kier molecular flexibility index (Phi) is 4.96. The zero-order chi connectivity index (χ0) is 16.1. The Morgan fingerprint density at radius 1 is 1.17 bits per heavy atom. The fourth-order valence-corrected chi connectivity index (χ4v) is 3.50. The molecule has 0 aliphatic heterocycles. The van der Waals surface area contributed by atoms with Crippen molar-refractivity contribution < 1.29 is 0 Å². The number of halogens is 1. The topological polar surface area (TPSA) is 63.3 Å². The highest BCUT2D eigenvalue weighted by molar-refractivity contribution is 9.10. The Bertz CT molecular complexity index is 661. The van der Waals surface area contributed by atoms with Crippen molar-refractivity contribution >= 4 is 27.7 Å². The normalized spacial score (nSPS) is 17.2. The number of nitrogens with one attached hydrogen (secondary N) is 1. The predicted molar refractivity (Wildman–Crippen MR) is 98.6 cm³/mol. The Balaban J connectivity index is 1.75. The van der Waals surface area contributed by atoms with Crippen LogP contribution >= 0.6 is 15.9 Å². The molecule has 0 bridgehead atoms. The third-order valence-corrected chi connectivity index (χ3v) is 5.02. The number of nitrogens with two attached hydrogens (primary N) is 1. The second kappa shape index (κ2) is 7.13. The van der Waals surface area contributed by atoms with E-state index < -0.39 is 0 Å². The van der Waals surface area contributed by atoms with Gasteiger partial charge in [-0.15, -0.1) is 0 Å². The summed E-state index contributed by atoms with van der Waals surface area (Å²) < 4.78 is 1.11. The van der Waals surface area contributed by atoms with Gasteiger partial charge in [-0.3, -0.25) is 4.99 Å². The highest BCUT2D eigenvalue weighted by atomic mass is 79.9. The minimum absolute atomic E-state index is 0.108. The van der Waals surface area contributed by atoms with Gasteiger partial charge >= 0.3 is 0 Å². The van der Waals surface area contributed by atoms with Crippen LogP contribution in [-0.4, -0.2) is 17.5 Å². The Labute approximate surface area is 145 Å². The molecule has 0 radical (unpaired) electrons. The summed E-state index contributed by atoms with van der Waals surface area (Å²) in [5, 5.41) is 3.05. The lowest BCUT2D eigenvalue weighted by Crippen LogP contribution is -2.30. The van der Waals surface area contributed by atoms with Crippen LogP contribution in [0.1, 0.15) is 31.2 Å². The van der Waals surface area contributed by atoms with Crippen LogP contribution < -0.4 is 11.1 Å². The third-order valence-electron chi connectivity index (χ3n) is 4.49. The van der Waals surface area contributed by atoms with Gasteiger partial charge in [-0.1, -0.05) is 47.0 Å². The smallest absolute Gasteiger partial charge is 0.194 e. The molecule has 3 N–H and O–H groups in total. The van der Waals surface area contributed by atoms with Gasteiger partial charge in [0, 0.05) is 16.1 Å². The average Bonchev–Trinajstić information content (AvgIpc) is 3.05. The summed E-state index contributed by atoms with van der Waals surface area (Å²) in [5.74, 6) is 1.14. The van der Waals surface area contributed by atoms with Gasteiger partial charge in [-0.2, -0.15) is 0 Å². The number of hydrogen-bond acceptors (Lipinski definition) is 2. The molecule has 0 atom stereocenters. The van der Waals surface area contributed by atoms with E-state index in [1.165, 1.54) is 18.4 Å². The van der Waals surface area contributed by atoms with Crippen LogP contribution in [-0.2, 0) is 5.41 Å². The van der Waals surface area contributed by atoms with E-state index >= 15 is 0 Å². The molecule has 2 aromatic rings. The van der Waals surface area contributed by atoms with E-state index in [1.807, 2.05) is 18.2 Å². The maximum atomic E-state index is 6.04. The largest absolute Gasteiger partial charge is 0.370 e. The highest BCUT2D eigenvalue weighted by Gasteiger charge is 2.35. The zero-order valence-corrected chi connectivity index (χ0v) is 14.6. The molecule has 0 spiro atoms. The molecule has 1 saturated carbocycles. The number of guanidine groups is 1. The summed E-state index contributed by atoms with van der Waals surface area (Å²) in [6.45, 7) is 0.709. The van der Waals surface area contributed by atoms with Crippen LogP contribution in [0.15, 0.2) is 58.1 Å². The van der Waals surface area contributed by atoms with E-state index in [4.69, 9.17) is 5.73 Å². The Hall–Kier alpha value is -1.88. The van der Waals surface area contributed by atoms with Crippen molar-refractivity contribution in [1.82, 2.24) is 4.98 Å². The molecule has 5 heteroatoms. The first-order chi connectivity index (χ1) is 11.2. The van der Waals surface area contributed by atoms with Crippen molar-refractivity contribution in [3.63, 3.8) is 0 Å². The van der Waals surface area contributed by atoms with E-state index in [0.29, 0.717) is 12.5 Å². The van der Waals surface area contributed by atoms with Crippen molar-refractivity contribution in [2.45, 2.75) is 31.1 Å². The molecular formula is C18H21BrN4. The molecule has 23 heavy (non-hydrogen) atoms. The number of pyridine rings is 1. The first-order valence-corrected chi connectivity index (χ1v) is 8.71. The van der Waals surface area contributed by atoms with Crippen molar-refractivity contribution in [1.29, 1.82) is 0 Å². The zero-order valence-electron chi connectivity index (χ0n) is 13.0. The van der Waals surface area contributed by atoms with Gasteiger partial charge < -0.3 is 11.1 Å². The summed E-state index contributed by atoms with van der Waals surface area (Å²) in [6, 6.07) is 14.3. The van der Waals surface area contributed by atoms with Crippen LogP contribution in [0.5, 0.6) is 0 Å². The van der Waals surface area contributed by atoms with E-state index in [0.717, 1.165) is 23.1 Å². The van der Waals surface area contributed by atoms with Crippen molar-refractivity contribution in [2.24, 2.45) is 10.7 Å². The van der Waals surface area contributed by atoms with E-state index in [1.54, 1.807) is 6.20 Å². The summed E-state index contributed by atoms with van der Waals surface area (Å²) in [5.41, 5.74) is 7.50. The van der Waals surface area contributed by atoms with Crippen LogP contribution in [0.4, 0.5) is 5.82 Å². The lowest BCUT2D eigenvalue weighted by Gasteiger charge is -2.28. The number of aliphatic imine (C=N–C) groups is 1. The Morgan fingerprint density at radius 3 is 2.57 bits per heavy atom. The van der Waals surface area contributed by atoms with E-state index in [-0.39, 0.29) is 5.41 Å². The first-order valence-electron chi connectivity index (χ1n) is 7.92. The molecule has 0 saturated heterocycles. The summed E-state index contributed by atoms with van der Waals surface area (Å²) in [4.78, 5) is 8.81. The van der Waals surface area contributed by atoms with Gasteiger partial charge in [0.25, 0.3) is 0 Å². The molecule has 1 heterocycles. The SMILES string of the molecule is NC(=NCC1(c2ccc(Br)cc2)CCCC1)Nc1ccccn1. The fraction of sp³-hybridized carbons (Fsp3) is 0.333. The molecule has 4 nitrogen and oxygen atoms in total. The van der Waals surface area contributed by atoms with Gasteiger partial charge in [-0.25, -0.2) is 4.98 Å². The van der Waals surface area contributed by atoms with Crippen LogP contribution in [0.25, 0.3) is 0 Å². The van der Waals surface area contributed by atoms with Crippen molar-refractivity contribution in [3.05, 3.63) is 58.7 Å². The standard InChI is InChI=1S/C18H21BrN4/c19-15-8-6-14(7-9-15)18(10-2-3-11-18)13-22-17(20)23-16-5-1-4-12-21-16/h1,4-9,12H,2-3,10-11,13H2,(H3,20,21,22,23). The molecule has 1 aromatic carbocycles. The molecule has 0 amide bonds. The molecule has 1 fully saturated rings. The molecular weight excluding hydrogens is 352 g/mol. The highest BCUT2D eigenvalue weighted by Crippen LogP contribution is 2.41. The number of nitrogens with zero attached hydrogens (tertiary/aromatic N) is 2. The second-order valence-electron chi connectivity index (χ2n) is 6.04. The molecule has 120 valence electrons. The van der Waals surface area contributed by atoms with Gasteiger partial charge in [0.1, 0.15) is 5.82 Å². The number of anilines is 1. The van der Waals surface area contributed by atoms with Gasteiger partial charge in [-0.05, 0) is 42.7 Å². The van der Waals surface area contributed by atoms with Gasteiger partial charge in [0.05, 0.1) is 6.54 Å². The molecule has 0 unspecified atom stereocenters. The summed E-state index contributed by atoms with van der Waals surface area (Å²) in [7, 11) is 0. The predicted octanol–water partition coefficient (Wildman–Crippen LogP) is 4.08. The molecule has 1 aromatic heterocycles. The lowest BCUT2D eigenvalue weighted by atomic mass is 9.79.